The summed E-state index contributed by atoms with van der Waals surface area (Å²) in [5.74, 6) is -1.29. The summed E-state index contributed by atoms with van der Waals surface area (Å²) in [6.07, 6.45) is 3.40. The maximum absolute atomic E-state index is 13.5. The van der Waals surface area contributed by atoms with Crippen molar-refractivity contribution in [3.63, 3.8) is 0 Å². The van der Waals surface area contributed by atoms with Gasteiger partial charge in [-0.05, 0) is 48.9 Å². The Bertz CT molecular complexity index is 785. The van der Waals surface area contributed by atoms with E-state index in [1.807, 2.05) is 4.90 Å². The van der Waals surface area contributed by atoms with Crippen LogP contribution in [0.2, 0.25) is 0 Å². The number of thioether (sulfide) groups is 1. The molecule has 0 radical (unpaired) electrons. The third-order valence-corrected chi connectivity index (χ3v) is 4.94. The van der Waals surface area contributed by atoms with Gasteiger partial charge in [-0.2, -0.15) is 4.99 Å². The fourth-order valence-corrected chi connectivity index (χ4v) is 3.80. The smallest absolute Gasteiger partial charge is 0.404 e. The Morgan fingerprint density at radius 2 is 2.04 bits per heavy atom. The molecule has 1 saturated heterocycles. The number of halogens is 1. The van der Waals surface area contributed by atoms with E-state index >= 15 is 0 Å². The molecule has 0 atom stereocenters. The molecule has 0 saturated carbocycles. The number of rotatable bonds is 3. The normalized spacial score (nSPS) is 20.0. The second-order valence-electron chi connectivity index (χ2n) is 5.27. The Labute approximate surface area is 141 Å². The molecule has 2 N–H and O–H groups in total. The molecule has 128 valence electrons. The maximum Gasteiger partial charge on any atom is 0.524 e. The van der Waals surface area contributed by atoms with Crippen LogP contribution in [0.4, 0.5) is 4.39 Å². The van der Waals surface area contributed by atoms with Crippen LogP contribution in [0.3, 0.4) is 0 Å². The summed E-state index contributed by atoms with van der Waals surface area (Å²) < 4.78 is 29.0. The van der Waals surface area contributed by atoms with Crippen molar-refractivity contribution in [3.8, 4) is 5.75 Å². The maximum atomic E-state index is 13.5. The van der Waals surface area contributed by atoms with Crippen LogP contribution >= 0.6 is 19.6 Å². The van der Waals surface area contributed by atoms with Crippen LogP contribution in [-0.2, 0) is 9.36 Å². The molecule has 7 nitrogen and oxygen atoms in total. The fraction of sp³-hybridized carbons (Fsp3) is 0.286. The molecule has 3 rings (SSSR count). The van der Waals surface area contributed by atoms with Gasteiger partial charge in [-0.3, -0.25) is 14.6 Å². The standard InChI is InChI=1S/C14H14FN2O5PS/c15-10-3-4-11(22-23(19,20)21)9(7-10)8-12-13(18)16-14(24-12)17-5-1-2-6-17/h3-4,7-8H,1-2,5-6H2,(H2,19,20,21)/b12-8-. The summed E-state index contributed by atoms with van der Waals surface area (Å²) >= 11 is 1.16. The predicted octanol–water partition coefficient (Wildman–Crippen LogP) is 2.36. The molecule has 2 aliphatic rings. The van der Waals surface area contributed by atoms with Crippen molar-refractivity contribution in [1.29, 1.82) is 0 Å². The molecule has 2 heterocycles. The number of likely N-dealkylation sites (tertiary alicyclic amines) is 1. The number of benzene rings is 1. The number of nitrogens with zero attached hydrogens (tertiary/aromatic N) is 2. The van der Waals surface area contributed by atoms with E-state index in [9.17, 15) is 13.8 Å². The van der Waals surface area contributed by atoms with Crippen LogP contribution in [0, 0.1) is 5.82 Å². The van der Waals surface area contributed by atoms with Crippen LogP contribution in [0.25, 0.3) is 6.08 Å². The first kappa shape index (κ1) is 17.2. The van der Waals surface area contributed by atoms with Crippen molar-refractivity contribution in [2.45, 2.75) is 12.8 Å². The molecule has 10 heteroatoms. The highest BCUT2D eigenvalue weighted by Crippen LogP contribution is 2.41. The van der Waals surface area contributed by atoms with Gasteiger partial charge in [0.15, 0.2) is 5.17 Å². The molecular weight excluding hydrogens is 358 g/mol. The average molecular weight is 372 g/mol. The molecular formula is C14H14FN2O5PS. The zero-order chi connectivity index (χ0) is 17.3. The lowest BCUT2D eigenvalue weighted by atomic mass is 10.2. The molecule has 1 aromatic carbocycles. The van der Waals surface area contributed by atoms with E-state index in [0.717, 1.165) is 55.9 Å². The van der Waals surface area contributed by atoms with Crippen LogP contribution < -0.4 is 4.52 Å². The summed E-state index contributed by atoms with van der Waals surface area (Å²) in [5, 5.41) is 0.595. The Hall–Kier alpha value is -1.67. The van der Waals surface area contributed by atoms with Crippen molar-refractivity contribution in [2.75, 3.05) is 13.1 Å². The van der Waals surface area contributed by atoms with E-state index in [-0.39, 0.29) is 16.2 Å². The van der Waals surface area contributed by atoms with Crippen molar-refractivity contribution >= 4 is 36.7 Å². The molecule has 0 spiro atoms. The van der Waals surface area contributed by atoms with Gasteiger partial charge in [-0.15, -0.1) is 0 Å². The lowest BCUT2D eigenvalue weighted by Gasteiger charge is -2.14. The third kappa shape index (κ3) is 4.05. The minimum absolute atomic E-state index is 0.0621. The molecule has 0 unspecified atom stereocenters. The van der Waals surface area contributed by atoms with E-state index in [1.54, 1.807) is 0 Å². The summed E-state index contributed by atoms with van der Waals surface area (Å²) in [4.78, 5) is 36.1. The number of aliphatic imine (C=N–C) groups is 1. The molecule has 1 aromatic rings. The quantitative estimate of drug-likeness (QED) is 0.621. The first-order valence-corrected chi connectivity index (χ1v) is 9.49. The number of phosphoric acid groups is 1. The van der Waals surface area contributed by atoms with Gasteiger partial charge >= 0.3 is 7.82 Å². The van der Waals surface area contributed by atoms with Gasteiger partial charge in [-0.1, -0.05) is 0 Å². The van der Waals surface area contributed by atoms with E-state index in [0.29, 0.717) is 5.17 Å². The molecule has 2 aliphatic heterocycles. The highest BCUT2D eigenvalue weighted by atomic mass is 32.2. The predicted molar refractivity (Wildman–Crippen MR) is 87.9 cm³/mol. The van der Waals surface area contributed by atoms with Gasteiger partial charge in [0.25, 0.3) is 5.91 Å². The first-order valence-electron chi connectivity index (χ1n) is 7.14. The van der Waals surface area contributed by atoms with Crippen LogP contribution in [0.1, 0.15) is 18.4 Å². The summed E-state index contributed by atoms with van der Waals surface area (Å²) in [6, 6.07) is 3.16. The highest BCUT2D eigenvalue weighted by molar-refractivity contribution is 8.18. The summed E-state index contributed by atoms with van der Waals surface area (Å²) in [6.45, 7) is 1.66. The minimum Gasteiger partial charge on any atom is -0.404 e. The number of amides is 1. The fourth-order valence-electron chi connectivity index (χ4n) is 2.43. The number of phosphoric ester groups is 1. The van der Waals surface area contributed by atoms with Crippen LogP contribution in [0.15, 0.2) is 28.1 Å². The zero-order valence-electron chi connectivity index (χ0n) is 12.4. The molecule has 0 aliphatic carbocycles. The zero-order valence-corrected chi connectivity index (χ0v) is 14.1. The van der Waals surface area contributed by atoms with Crippen LogP contribution in [-0.4, -0.2) is 38.9 Å². The molecule has 1 amide bonds. The van der Waals surface area contributed by atoms with Gasteiger partial charge in [0, 0.05) is 18.7 Å². The number of hydrogen-bond acceptors (Lipinski definition) is 5. The third-order valence-electron chi connectivity index (χ3n) is 3.46. The number of carbonyl (C=O) groups is 1. The second-order valence-corrected chi connectivity index (χ2v) is 7.44. The molecule has 0 aromatic heterocycles. The first-order chi connectivity index (χ1) is 11.3. The average Bonchev–Trinajstić information content (AvgIpc) is 3.11. The molecule has 0 bridgehead atoms. The number of hydrogen-bond donors (Lipinski definition) is 2. The SMILES string of the molecule is O=C1N=C(N2CCCC2)S/C1=C\c1cc(F)ccc1OP(=O)(O)O. The van der Waals surface area contributed by atoms with Gasteiger partial charge < -0.3 is 9.42 Å². The van der Waals surface area contributed by atoms with Crippen molar-refractivity contribution in [2.24, 2.45) is 4.99 Å². The van der Waals surface area contributed by atoms with E-state index in [4.69, 9.17) is 9.79 Å². The van der Waals surface area contributed by atoms with Crippen molar-refractivity contribution in [3.05, 3.63) is 34.5 Å². The van der Waals surface area contributed by atoms with E-state index in [1.165, 1.54) is 6.08 Å². The highest BCUT2D eigenvalue weighted by Gasteiger charge is 2.28. The Balaban J connectivity index is 1.87. The Morgan fingerprint density at radius 1 is 1.33 bits per heavy atom. The van der Waals surface area contributed by atoms with Gasteiger partial charge in [0.05, 0.1) is 4.91 Å². The largest absolute Gasteiger partial charge is 0.524 e. The monoisotopic (exact) mass is 372 g/mol. The summed E-state index contributed by atoms with van der Waals surface area (Å²) in [7, 11) is -4.80. The van der Waals surface area contributed by atoms with Gasteiger partial charge in [-0.25, -0.2) is 8.96 Å². The number of carbonyl (C=O) groups excluding carboxylic acids is 1. The molecule has 1 fully saturated rings. The van der Waals surface area contributed by atoms with Crippen molar-refractivity contribution < 1.29 is 28.1 Å². The molecule has 24 heavy (non-hydrogen) atoms. The van der Waals surface area contributed by atoms with Crippen LogP contribution in [0.5, 0.6) is 5.75 Å². The Kier molecular flexibility index (Phi) is 4.78. The van der Waals surface area contributed by atoms with E-state index < -0.39 is 19.5 Å². The van der Waals surface area contributed by atoms with E-state index in [2.05, 4.69) is 9.52 Å². The van der Waals surface area contributed by atoms with Gasteiger partial charge in [0.1, 0.15) is 11.6 Å². The van der Waals surface area contributed by atoms with Crippen molar-refractivity contribution in [1.82, 2.24) is 4.90 Å². The lowest BCUT2D eigenvalue weighted by molar-refractivity contribution is -0.113. The topological polar surface area (TPSA) is 99.4 Å². The summed E-state index contributed by atoms with van der Waals surface area (Å²) in [5.41, 5.74) is 0.0621. The minimum atomic E-state index is -4.80. The number of amidine groups is 1. The second kappa shape index (κ2) is 6.68. The van der Waals surface area contributed by atoms with Gasteiger partial charge in [0.2, 0.25) is 0 Å². The lowest BCUT2D eigenvalue weighted by Crippen LogP contribution is -2.23. The Morgan fingerprint density at radius 3 is 2.71 bits per heavy atom.